The van der Waals surface area contributed by atoms with Gasteiger partial charge in [-0.05, 0) is 75.4 Å². The second kappa shape index (κ2) is 20.3. The molecule has 2 aromatic rings. The molecule has 0 amide bonds. The molecule has 0 saturated heterocycles. The molecule has 0 bridgehead atoms. The van der Waals surface area contributed by atoms with Crippen LogP contribution in [0.4, 0.5) is 17.1 Å². The molecule has 0 aromatic heterocycles. The molecule has 0 aliphatic heterocycles. The van der Waals surface area contributed by atoms with Crippen LogP contribution in [0.5, 0.6) is 0 Å². The zero-order valence-corrected chi connectivity index (χ0v) is 22.6. The smallest absolute Gasteiger partial charge is 0.0361 e. The molecule has 2 rings (SSSR count). The van der Waals surface area contributed by atoms with E-state index >= 15 is 0 Å². The maximum absolute atomic E-state index is 5.46. The fourth-order valence-electron chi connectivity index (χ4n) is 3.50. The molecular formula is C26H45BrN8. The standard InChI is InChI=1S/C26H45BrN8/c27-23-5-1-6-24(21-23)33-18-15-31-12-4-13-32-17-20-35-26-8-2-7-25(22-26)34-19-16-30-11-3-10-29-14-9-28/h1-2,5-8,21-22,29-35H,3-4,9-20,28H2. The fraction of sp³-hybridized carbons (Fsp3) is 0.538. The van der Waals surface area contributed by atoms with Crippen molar-refractivity contribution in [2.24, 2.45) is 5.73 Å². The van der Waals surface area contributed by atoms with E-state index in [0.29, 0.717) is 6.54 Å². The molecule has 0 fully saturated rings. The van der Waals surface area contributed by atoms with Gasteiger partial charge in [0.25, 0.3) is 0 Å². The number of hydrogen-bond donors (Lipinski definition) is 8. The second-order valence-electron chi connectivity index (χ2n) is 8.37. The predicted octanol–water partition coefficient (Wildman–Crippen LogP) is 2.48. The van der Waals surface area contributed by atoms with Gasteiger partial charge in [0.1, 0.15) is 0 Å². The third-order valence-electron chi connectivity index (χ3n) is 5.32. The summed E-state index contributed by atoms with van der Waals surface area (Å²) in [6.07, 6.45) is 2.24. The summed E-state index contributed by atoms with van der Waals surface area (Å²) in [4.78, 5) is 0. The van der Waals surface area contributed by atoms with E-state index in [0.717, 1.165) is 106 Å². The zero-order valence-electron chi connectivity index (χ0n) is 21.0. The third kappa shape index (κ3) is 15.7. The monoisotopic (exact) mass is 548 g/mol. The van der Waals surface area contributed by atoms with Crippen LogP contribution in [0.15, 0.2) is 53.0 Å². The van der Waals surface area contributed by atoms with Gasteiger partial charge in [0, 0.05) is 73.9 Å². The summed E-state index contributed by atoms with van der Waals surface area (Å²) in [5.41, 5.74) is 8.90. The molecule has 9 N–H and O–H groups in total. The first-order chi connectivity index (χ1) is 17.3. The number of nitrogens with one attached hydrogen (secondary N) is 7. The summed E-state index contributed by atoms with van der Waals surface area (Å²) < 4.78 is 1.10. The van der Waals surface area contributed by atoms with Crippen molar-refractivity contribution in [2.75, 3.05) is 94.5 Å². The molecule has 196 valence electrons. The van der Waals surface area contributed by atoms with Crippen LogP contribution in [0.2, 0.25) is 0 Å². The first-order valence-corrected chi connectivity index (χ1v) is 13.7. The van der Waals surface area contributed by atoms with Crippen LogP contribution < -0.4 is 43.0 Å². The van der Waals surface area contributed by atoms with Crippen molar-refractivity contribution in [1.82, 2.24) is 21.3 Å². The van der Waals surface area contributed by atoms with Crippen LogP contribution in [0.25, 0.3) is 0 Å². The molecule has 0 saturated carbocycles. The van der Waals surface area contributed by atoms with Crippen molar-refractivity contribution in [3.05, 3.63) is 53.0 Å². The Kier molecular flexibility index (Phi) is 17.0. The lowest BCUT2D eigenvalue weighted by Crippen LogP contribution is -2.28. The van der Waals surface area contributed by atoms with E-state index in [1.807, 2.05) is 12.1 Å². The first kappa shape index (κ1) is 29.4. The number of halogens is 1. The highest BCUT2D eigenvalue weighted by Gasteiger charge is 1.97. The largest absolute Gasteiger partial charge is 0.384 e. The number of nitrogens with two attached hydrogens (primary N) is 1. The van der Waals surface area contributed by atoms with Crippen LogP contribution in [0, 0.1) is 0 Å². The van der Waals surface area contributed by atoms with Gasteiger partial charge in [0.05, 0.1) is 0 Å². The average Bonchev–Trinajstić information content (AvgIpc) is 2.86. The van der Waals surface area contributed by atoms with Gasteiger partial charge >= 0.3 is 0 Å². The Labute approximate surface area is 220 Å². The SMILES string of the molecule is NCCNCCCNCCNc1cccc(NCCNCCCNCCNc2cccc(Br)c2)c1. The van der Waals surface area contributed by atoms with Crippen LogP contribution >= 0.6 is 15.9 Å². The Morgan fingerprint density at radius 1 is 0.514 bits per heavy atom. The number of rotatable bonds is 22. The van der Waals surface area contributed by atoms with Crippen molar-refractivity contribution in [3.63, 3.8) is 0 Å². The summed E-state index contributed by atoms with van der Waals surface area (Å²) in [6.45, 7) is 11.3. The topological polar surface area (TPSA) is 110 Å². The zero-order chi connectivity index (χ0) is 24.8. The molecule has 0 heterocycles. The van der Waals surface area contributed by atoms with E-state index in [1.54, 1.807) is 0 Å². The highest BCUT2D eigenvalue weighted by Crippen LogP contribution is 2.15. The highest BCUT2D eigenvalue weighted by molar-refractivity contribution is 9.10. The molecule has 8 nitrogen and oxygen atoms in total. The van der Waals surface area contributed by atoms with Gasteiger partial charge in [0.15, 0.2) is 0 Å². The normalized spacial score (nSPS) is 10.9. The molecule has 0 radical (unpaired) electrons. The third-order valence-corrected chi connectivity index (χ3v) is 5.81. The average molecular weight is 550 g/mol. The van der Waals surface area contributed by atoms with E-state index in [4.69, 9.17) is 5.73 Å². The lowest BCUT2D eigenvalue weighted by Gasteiger charge is -2.12. The maximum Gasteiger partial charge on any atom is 0.0361 e. The summed E-state index contributed by atoms with van der Waals surface area (Å²) in [5.74, 6) is 0. The Morgan fingerprint density at radius 3 is 1.40 bits per heavy atom. The quantitative estimate of drug-likeness (QED) is 0.106. The lowest BCUT2D eigenvalue weighted by atomic mass is 10.2. The second-order valence-corrected chi connectivity index (χ2v) is 9.28. The molecule has 2 aromatic carbocycles. The van der Waals surface area contributed by atoms with Crippen LogP contribution in [-0.2, 0) is 0 Å². The lowest BCUT2D eigenvalue weighted by molar-refractivity contribution is 0.605. The van der Waals surface area contributed by atoms with Gasteiger partial charge in [-0.2, -0.15) is 0 Å². The molecule has 0 aliphatic carbocycles. The van der Waals surface area contributed by atoms with Crippen LogP contribution in [0.3, 0.4) is 0 Å². The fourth-order valence-corrected chi connectivity index (χ4v) is 3.90. The van der Waals surface area contributed by atoms with Gasteiger partial charge in [-0.3, -0.25) is 0 Å². The van der Waals surface area contributed by atoms with Gasteiger partial charge in [-0.15, -0.1) is 0 Å². The van der Waals surface area contributed by atoms with E-state index in [9.17, 15) is 0 Å². The van der Waals surface area contributed by atoms with Gasteiger partial charge in [0.2, 0.25) is 0 Å². The Balaban J connectivity index is 1.39. The van der Waals surface area contributed by atoms with Crippen molar-refractivity contribution in [1.29, 1.82) is 0 Å². The molecule has 0 aliphatic rings. The molecule has 35 heavy (non-hydrogen) atoms. The molecule has 9 heteroatoms. The Hall–Kier alpha value is -1.88. The summed E-state index contributed by atoms with van der Waals surface area (Å²) in [7, 11) is 0. The van der Waals surface area contributed by atoms with Gasteiger partial charge in [-0.25, -0.2) is 0 Å². The maximum atomic E-state index is 5.46. The van der Waals surface area contributed by atoms with Crippen molar-refractivity contribution >= 4 is 33.0 Å². The van der Waals surface area contributed by atoms with Gasteiger partial charge < -0.3 is 43.0 Å². The first-order valence-electron chi connectivity index (χ1n) is 12.9. The summed E-state index contributed by atoms with van der Waals surface area (Å²) >= 11 is 3.49. The van der Waals surface area contributed by atoms with Crippen molar-refractivity contribution in [3.8, 4) is 0 Å². The molecule has 0 atom stereocenters. The van der Waals surface area contributed by atoms with Crippen molar-refractivity contribution in [2.45, 2.75) is 12.8 Å². The Morgan fingerprint density at radius 2 is 0.943 bits per heavy atom. The number of benzene rings is 2. The van der Waals surface area contributed by atoms with E-state index in [2.05, 4.69) is 89.5 Å². The molecular weight excluding hydrogens is 504 g/mol. The minimum atomic E-state index is 0.701. The van der Waals surface area contributed by atoms with E-state index < -0.39 is 0 Å². The molecule has 0 unspecified atom stereocenters. The van der Waals surface area contributed by atoms with E-state index in [-0.39, 0.29) is 0 Å². The van der Waals surface area contributed by atoms with Gasteiger partial charge in [-0.1, -0.05) is 28.1 Å². The number of anilines is 3. The van der Waals surface area contributed by atoms with Crippen LogP contribution in [-0.4, -0.2) is 78.5 Å². The predicted molar refractivity (Wildman–Crippen MR) is 156 cm³/mol. The minimum Gasteiger partial charge on any atom is -0.384 e. The summed E-state index contributed by atoms with van der Waals surface area (Å²) in [5, 5.41) is 24.2. The summed E-state index contributed by atoms with van der Waals surface area (Å²) in [6, 6.07) is 16.7. The highest BCUT2D eigenvalue weighted by atomic mass is 79.9. The van der Waals surface area contributed by atoms with E-state index in [1.165, 1.54) is 0 Å². The Bertz CT molecular complexity index is 777. The number of hydrogen-bond acceptors (Lipinski definition) is 8. The van der Waals surface area contributed by atoms with Crippen LogP contribution in [0.1, 0.15) is 12.8 Å². The molecule has 0 spiro atoms. The minimum absolute atomic E-state index is 0.701. The van der Waals surface area contributed by atoms with Crippen molar-refractivity contribution < 1.29 is 0 Å².